The van der Waals surface area contributed by atoms with Gasteiger partial charge in [0.15, 0.2) is 0 Å². The number of hydrogen-bond acceptors (Lipinski definition) is 5. The van der Waals surface area contributed by atoms with Gasteiger partial charge in [0.2, 0.25) is 7.41 Å². The van der Waals surface area contributed by atoms with Crippen LogP contribution in [0.5, 0.6) is 0 Å². The third kappa shape index (κ3) is 4.27. The van der Waals surface area contributed by atoms with Gasteiger partial charge in [0.05, 0.1) is 12.7 Å². The molecular formula is C19H41BNO4Si2. The minimum Gasteiger partial charge on any atom is -0.414 e. The van der Waals surface area contributed by atoms with Crippen LogP contribution in [-0.4, -0.2) is 56.4 Å². The Labute approximate surface area is 170 Å². The lowest BCUT2D eigenvalue weighted by atomic mass is 9.77. The molecule has 0 aromatic heterocycles. The summed E-state index contributed by atoms with van der Waals surface area (Å²) in [4.78, 5) is 0. The Balaban J connectivity index is 2.50. The molecule has 8 heteroatoms. The van der Waals surface area contributed by atoms with E-state index in [2.05, 4.69) is 67.5 Å². The fourth-order valence-corrected chi connectivity index (χ4v) is 16.0. The zero-order valence-electron chi connectivity index (χ0n) is 19.0. The lowest BCUT2D eigenvalue weighted by molar-refractivity contribution is -0.0272. The molecule has 2 rings (SSSR count). The van der Waals surface area contributed by atoms with E-state index in [1.807, 2.05) is 14.5 Å². The van der Waals surface area contributed by atoms with Crippen molar-refractivity contribution in [1.82, 2.24) is 5.23 Å². The SMILES string of the molecule is CN[B][C@@H]1O[C@@H]2CO[Si](C(C)C)(C(C)C)O[Si](C(C)C)(C(C)C)O[C@@H]2C1C. The summed E-state index contributed by atoms with van der Waals surface area (Å²) in [5.74, 6) is 0.270. The van der Waals surface area contributed by atoms with Gasteiger partial charge in [-0.3, -0.25) is 0 Å². The van der Waals surface area contributed by atoms with Crippen LogP contribution in [0.3, 0.4) is 0 Å². The number of rotatable bonds is 6. The van der Waals surface area contributed by atoms with Gasteiger partial charge in [-0.2, -0.15) is 0 Å². The van der Waals surface area contributed by atoms with Crippen molar-refractivity contribution in [3.8, 4) is 0 Å². The molecular weight excluding hydrogens is 373 g/mol. The van der Waals surface area contributed by atoms with E-state index in [4.69, 9.17) is 17.7 Å². The van der Waals surface area contributed by atoms with Crippen LogP contribution >= 0.6 is 0 Å². The second-order valence-electron chi connectivity index (χ2n) is 9.51. The van der Waals surface area contributed by atoms with E-state index in [0.717, 1.165) is 0 Å². The lowest BCUT2D eigenvalue weighted by Crippen LogP contribution is -2.65. The summed E-state index contributed by atoms with van der Waals surface area (Å²) in [5.41, 5.74) is 1.42. The van der Waals surface area contributed by atoms with Crippen LogP contribution in [0.15, 0.2) is 0 Å². The molecule has 2 fully saturated rings. The quantitative estimate of drug-likeness (QED) is 0.662. The van der Waals surface area contributed by atoms with E-state index in [0.29, 0.717) is 28.8 Å². The Morgan fingerprint density at radius 2 is 1.41 bits per heavy atom. The van der Waals surface area contributed by atoms with E-state index < -0.39 is 17.1 Å². The first-order valence-corrected chi connectivity index (χ1v) is 14.6. The van der Waals surface area contributed by atoms with Crippen LogP contribution in [0.4, 0.5) is 0 Å². The molecule has 0 spiro atoms. The zero-order chi connectivity index (χ0) is 20.6. The van der Waals surface area contributed by atoms with Gasteiger partial charge in [-0.25, -0.2) is 0 Å². The molecule has 0 aliphatic carbocycles. The predicted octanol–water partition coefficient (Wildman–Crippen LogP) is 4.14. The Bertz CT molecular complexity index is 476. The summed E-state index contributed by atoms with van der Waals surface area (Å²) in [7, 11) is -1.06. The summed E-state index contributed by atoms with van der Waals surface area (Å²) in [6, 6.07) is 0.0342. The maximum absolute atomic E-state index is 7.22. The third-order valence-corrected chi connectivity index (χ3v) is 16.6. The lowest BCUT2D eigenvalue weighted by Gasteiger charge is -2.51. The van der Waals surface area contributed by atoms with Gasteiger partial charge in [0.1, 0.15) is 6.10 Å². The number of hydrogen-bond donors (Lipinski definition) is 1. The first kappa shape index (κ1) is 23.6. The van der Waals surface area contributed by atoms with Gasteiger partial charge in [-0.15, -0.1) is 0 Å². The molecule has 27 heavy (non-hydrogen) atoms. The maximum Gasteiger partial charge on any atom is 0.335 e. The number of ether oxygens (including phenoxy) is 1. The number of fused-ring (bicyclic) bond motifs is 1. The Hall–Kier alpha value is 0.299. The molecule has 2 aliphatic rings. The molecule has 1 radical (unpaired) electrons. The van der Waals surface area contributed by atoms with E-state index in [-0.39, 0.29) is 24.1 Å². The first-order chi connectivity index (χ1) is 12.5. The summed E-state index contributed by atoms with van der Waals surface area (Å²) in [5, 5.41) is 3.14. The van der Waals surface area contributed by atoms with Crippen LogP contribution in [0.1, 0.15) is 62.3 Å². The summed E-state index contributed by atoms with van der Waals surface area (Å²) in [6.07, 6.45) is -0.0189. The van der Waals surface area contributed by atoms with Crippen molar-refractivity contribution in [3.63, 3.8) is 0 Å². The molecule has 5 nitrogen and oxygen atoms in total. The highest BCUT2D eigenvalue weighted by Crippen LogP contribution is 2.48. The molecule has 2 aliphatic heterocycles. The molecule has 2 heterocycles. The van der Waals surface area contributed by atoms with Crippen molar-refractivity contribution in [2.75, 3.05) is 13.7 Å². The van der Waals surface area contributed by atoms with Crippen molar-refractivity contribution in [1.29, 1.82) is 0 Å². The molecule has 0 aromatic carbocycles. The minimum absolute atomic E-state index is 0.0161. The highest BCUT2D eigenvalue weighted by Gasteiger charge is 2.60. The van der Waals surface area contributed by atoms with Crippen molar-refractivity contribution in [2.24, 2.45) is 5.92 Å². The van der Waals surface area contributed by atoms with Gasteiger partial charge in [0.25, 0.3) is 0 Å². The van der Waals surface area contributed by atoms with Gasteiger partial charge in [0, 0.05) is 11.9 Å². The number of nitrogens with one attached hydrogen (secondary N) is 1. The Kier molecular flexibility index (Phi) is 7.84. The van der Waals surface area contributed by atoms with Crippen molar-refractivity contribution in [3.05, 3.63) is 0 Å². The molecule has 157 valence electrons. The average molecular weight is 415 g/mol. The zero-order valence-corrected chi connectivity index (χ0v) is 21.0. The average Bonchev–Trinajstić information content (AvgIpc) is 2.82. The Morgan fingerprint density at radius 1 is 0.889 bits per heavy atom. The van der Waals surface area contributed by atoms with Crippen molar-refractivity contribution < 1.29 is 17.7 Å². The molecule has 4 atom stereocenters. The first-order valence-electron chi connectivity index (χ1n) is 10.7. The van der Waals surface area contributed by atoms with Crippen LogP contribution in [0.25, 0.3) is 0 Å². The van der Waals surface area contributed by atoms with Crippen LogP contribution in [0, 0.1) is 5.92 Å². The molecule has 1 N–H and O–H groups in total. The van der Waals surface area contributed by atoms with Crippen LogP contribution < -0.4 is 5.23 Å². The van der Waals surface area contributed by atoms with Crippen molar-refractivity contribution in [2.45, 2.75) is 103 Å². The van der Waals surface area contributed by atoms with Crippen molar-refractivity contribution >= 4 is 24.5 Å². The summed E-state index contributed by atoms with van der Waals surface area (Å²) >= 11 is 0. The van der Waals surface area contributed by atoms with Gasteiger partial charge in [-0.1, -0.05) is 62.3 Å². The Morgan fingerprint density at radius 3 is 1.85 bits per heavy atom. The van der Waals surface area contributed by atoms with Gasteiger partial charge < -0.3 is 22.9 Å². The van der Waals surface area contributed by atoms with E-state index in [1.165, 1.54) is 0 Å². The van der Waals surface area contributed by atoms with E-state index in [9.17, 15) is 0 Å². The molecule has 1 unspecified atom stereocenters. The molecule has 0 saturated carbocycles. The normalized spacial score (nSPS) is 33.4. The molecule has 2 saturated heterocycles. The minimum atomic E-state index is -2.54. The van der Waals surface area contributed by atoms with Gasteiger partial charge >= 0.3 is 17.1 Å². The summed E-state index contributed by atoms with van der Waals surface area (Å²) in [6.45, 7) is 20.8. The smallest absolute Gasteiger partial charge is 0.335 e. The highest BCUT2D eigenvalue weighted by molar-refractivity contribution is 6.84. The predicted molar refractivity (Wildman–Crippen MR) is 116 cm³/mol. The third-order valence-electron chi connectivity index (χ3n) is 6.40. The highest BCUT2D eigenvalue weighted by atomic mass is 28.5. The van der Waals surface area contributed by atoms with Gasteiger partial charge in [-0.05, 0) is 29.2 Å². The van der Waals surface area contributed by atoms with Crippen LogP contribution in [0.2, 0.25) is 22.2 Å². The molecule has 0 amide bonds. The topological polar surface area (TPSA) is 49.0 Å². The monoisotopic (exact) mass is 414 g/mol. The molecule has 0 bridgehead atoms. The second kappa shape index (κ2) is 8.98. The van der Waals surface area contributed by atoms with E-state index >= 15 is 0 Å². The largest absolute Gasteiger partial charge is 0.414 e. The standard InChI is InChI=1S/C19H41BNO4Si2/c1-12(2)26(13(3)4)22-11-17-18(16(9)19(23-17)20-21-10)24-27(25-26,14(5)6)15(7)8/h12-19,21H,11H2,1-10H3/t16?,17-,18-,19-/m1/s1. The molecule has 0 aromatic rings. The fourth-order valence-electron chi connectivity index (χ4n) is 4.74. The summed E-state index contributed by atoms with van der Waals surface area (Å²) < 4.78 is 27.4. The van der Waals surface area contributed by atoms with Crippen LogP contribution in [-0.2, 0) is 17.7 Å². The fraction of sp³-hybridized carbons (Fsp3) is 1.00. The van der Waals surface area contributed by atoms with E-state index in [1.54, 1.807) is 0 Å². The second-order valence-corrected chi connectivity index (χ2v) is 18.4. The maximum atomic E-state index is 7.22.